The summed E-state index contributed by atoms with van der Waals surface area (Å²) in [6.45, 7) is 4.50. The molecule has 1 heterocycles. The van der Waals surface area contributed by atoms with E-state index >= 15 is 0 Å². The maximum atomic E-state index is 3.67. The predicted octanol–water partition coefficient (Wildman–Crippen LogP) is 3.72. The molecule has 0 bridgehead atoms. The molecule has 2 nitrogen and oxygen atoms in total. The summed E-state index contributed by atoms with van der Waals surface area (Å²) in [6.07, 6.45) is 4.98. The normalized spacial score (nSPS) is 20.7. The average molecular weight is 306 g/mol. The van der Waals surface area contributed by atoms with Gasteiger partial charge < -0.3 is 10.2 Å². The molecule has 1 fully saturated rings. The third-order valence-electron chi connectivity index (χ3n) is 5.38. The number of rotatable bonds is 4. The number of benzene rings is 2. The highest BCUT2D eigenvalue weighted by Gasteiger charge is 2.29. The molecule has 0 amide bonds. The second-order valence-electron chi connectivity index (χ2n) is 7.12. The zero-order chi connectivity index (χ0) is 15.6. The van der Waals surface area contributed by atoms with E-state index in [2.05, 4.69) is 65.7 Å². The Labute approximate surface area is 139 Å². The van der Waals surface area contributed by atoms with Crippen LogP contribution in [0.5, 0.6) is 0 Å². The smallest absolute Gasteiger partial charge is 0.0372 e. The second-order valence-corrected chi connectivity index (χ2v) is 7.12. The number of fused-ring (bicyclic) bond motifs is 1. The van der Waals surface area contributed by atoms with Crippen LogP contribution in [0.3, 0.4) is 0 Å². The minimum atomic E-state index is 0.594. The molecule has 1 saturated heterocycles. The first-order chi connectivity index (χ1) is 11.3. The van der Waals surface area contributed by atoms with Crippen molar-refractivity contribution in [2.24, 2.45) is 0 Å². The van der Waals surface area contributed by atoms with Crippen molar-refractivity contribution in [1.29, 1.82) is 0 Å². The molecule has 0 saturated carbocycles. The standard InChI is InChI=1S/C21H26N2/c1-16-6-4-10-20(12-16)23(15-19-9-5-11-22-19)21-13-17-7-2-3-8-18(17)14-21/h2-4,6-8,10,12,19,21-22H,5,9,11,13-15H2,1H3. The van der Waals surface area contributed by atoms with Gasteiger partial charge in [-0.15, -0.1) is 0 Å². The lowest BCUT2D eigenvalue weighted by Gasteiger charge is -2.34. The van der Waals surface area contributed by atoms with E-state index in [9.17, 15) is 0 Å². The van der Waals surface area contributed by atoms with Crippen LogP contribution in [0.15, 0.2) is 48.5 Å². The number of hydrogen-bond acceptors (Lipinski definition) is 2. The van der Waals surface area contributed by atoms with E-state index in [1.54, 1.807) is 0 Å². The van der Waals surface area contributed by atoms with Crippen molar-refractivity contribution in [3.63, 3.8) is 0 Å². The molecule has 0 aromatic heterocycles. The van der Waals surface area contributed by atoms with Crippen molar-refractivity contribution in [2.75, 3.05) is 18.0 Å². The highest BCUT2D eigenvalue weighted by molar-refractivity contribution is 5.51. The van der Waals surface area contributed by atoms with Gasteiger partial charge in [-0.3, -0.25) is 0 Å². The third kappa shape index (κ3) is 3.13. The van der Waals surface area contributed by atoms with Crippen molar-refractivity contribution >= 4 is 5.69 Å². The number of hydrogen-bond donors (Lipinski definition) is 1. The highest BCUT2D eigenvalue weighted by atomic mass is 15.2. The van der Waals surface area contributed by atoms with Gasteiger partial charge in [0.2, 0.25) is 0 Å². The lowest BCUT2D eigenvalue weighted by molar-refractivity contribution is 0.530. The third-order valence-corrected chi connectivity index (χ3v) is 5.38. The van der Waals surface area contributed by atoms with Crippen LogP contribution < -0.4 is 10.2 Å². The van der Waals surface area contributed by atoms with Gasteiger partial charge >= 0.3 is 0 Å². The van der Waals surface area contributed by atoms with Crippen LogP contribution >= 0.6 is 0 Å². The molecule has 23 heavy (non-hydrogen) atoms. The maximum absolute atomic E-state index is 3.67. The van der Waals surface area contributed by atoms with Gasteiger partial charge in [0, 0.05) is 24.3 Å². The molecule has 120 valence electrons. The van der Waals surface area contributed by atoms with Gasteiger partial charge in [0.05, 0.1) is 0 Å². The molecule has 1 aliphatic carbocycles. The molecule has 2 aromatic carbocycles. The Bertz CT molecular complexity index is 648. The quantitative estimate of drug-likeness (QED) is 0.926. The average Bonchev–Trinajstić information content (AvgIpc) is 3.21. The van der Waals surface area contributed by atoms with Gasteiger partial charge in [0.25, 0.3) is 0 Å². The highest BCUT2D eigenvalue weighted by Crippen LogP contribution is 2.30. The number of aryl methyl sites for hydroxylation is 1. The number of anilines is 1. The summed E-state index contributed by atoms with van der Waals surface area (Å²) in [5.41, 5.74) is 5.81. The van der Waals surface area contributed by atoms with E-state index < -0.39 is 0 Å². The lowest BCUT2D eigenvalue weighted by Crippen LogP contribution is -2.44. The molecule has 0 spiro atoms. The van der Waals surface area contributed by atoms with Gasteiger partial charge in [-0.05, 0) is 68.0 Å². The zero-order valence-electron chi connectivity index (χ0n) is 14.0. The van der Waals surface area contributed by atoms with Crippen LogP contribution in [0, 0.1) is 6.92 Å². The summed E-state index contributed by atoms with van der Waals surface area (Å²) in [4.78, 5) is 2.66. The SMILES string of the molecule is Cc1cccc(N(CC2CCCN2)C2Cc3ccccc3C2)c1. The van der Waals surface area contributed by atoms with Crippen molar-refractivity contribution < 1.29 is 0 Å². The summed E-state index contributed by atoms with van der Waals surface area (Å²) in [5, 5.41) is 3.67. The molecule has 4 rings (SSSR count). The summed E-state index contributed by atoms with van der Waals surface area (Å²) >= 11 is 0. The van der Waals surface area contributed by atoms with Crippen LogP contribution in [0.2, 0.25) is 0 Å². The first-order valence-corrected chi connectivity index (χ1v) is 8.93. The van der Waals surface area contributed by atoms with Crippen LogP contribution in [0.4, 0.5) is 5.69 Å². The Balaban J connectivity index is 1.60. The van der Waals surface area contributed by atoms with E-state index in [0.29, 0.717) is 12.1 Å². The molecule has 1 aliphatic heterocycles. The molecule has 2 aliphatic rings. The summed E-state index contributed by atoms with van der Waals surface area (Å²) in [7, 11) is 0. The molecule has 1 unspecified atom stereocenters. The maximum Gasteiger partial charge on any atom is 0.0372 e. The van der Waals surface area contributed by atoms with Crippen LogP contribution in [0.25, 0.3) is 0 Å². The minimum Gasteiger partial charge on any atom is -0.366 e. The van der Waals surface area contributed by atoms with Crippen LogP contribution in [-0.2, 0) is 12.8 Å². The fourth-order valence-electron chi connectivity index (χ4n) is 4.18. The van der Waals surface area contributed by atoms with Gasteiger partial charge in [-0.25, -0.2) is 0 Å². The second kappa shape index (κ2) is 6.37. The monoisotopic (exact) mass is 306 g/mol. The van der Waals surface area contributed by atoms with E-state index in [-0.39, 0.29) is 0 Å². The summed E-state index contributed by atoms with van der Waals surface area (Å²) in [6, 6.07) is 19.2. The fourth-order valence-corrected chi connectivity index (χ4v) is 4.18. The molecule has 2 heteroatoms. The summed E-state index contributed by atoms with van der Waals surface area (Å²) in [5.74, 6) is 0. The molecule has 1 N–H and O–H groups in total. The van der Waals surface area contributed by atoms with Gasteiger partial charge in [-0.1, -0.05) is 36.4 Å². The molecular weight excluding hydrogens is 280 g/mol. The van der Waals surface area contributed by atoms with Crippen molar-refractivity contribution in [3.05, 3.63) is 65.2 Å². The van der Waals surface area contributed by atoms with E-state index in [4.69, 9.17) is 0 Å². The Hall–Kier alpha value is -1.80. The van der Waals surface area contributed by atoms with Crippen LogP contribution in [0.1, 0.15) is 29.5 Å². The van der Waals surface area contributed by atoms with Gasteiger partial charge in [0.1, 0.15) is 0 Å². The Kier molecular flexibility index (Phi) is 4.09. The number of nitrogens with one attached hydrogen (secondary N) is 1. The number of nitrogens with zero attached hydrogens (tertiary/aromatic N) is 1. The molecule has 2 aromatic rings. The molecular formula is C21H26N2. The molecule has 1 atom stereocenters. The zero-order valence-corrected chi connectivity index (χ0v) is 14.0. The Morgan fingerprint density at radius 1 is 1.04 bits per heavy atom. The topological polar surface area (TPSA) is 15.3 Å². The first-order valence-electron chi connectivity index (χ1n) is 8.93. The van der Waals surface area contributed by atoms with Crippen molar-refractivity contribution in [2.45, 2.75) is 44.7 Å². The lowest BCUT2D eigenvalue weighted by atomic mass is 10.1. The van der Waals surface area contributed by atoms with Crippen molar-refractivity contribution in [1.82, 2.24) is 5.32 Å². The van der Waals surface area contributed by atoms with E-state index in [1.165, 1.54) is 54.6 Å². The largest absolute Gasteiger partial charge is 0.366 e. The van der Waals surface area contributed by atoms with E-state index in [1.807, 2.05) is 0 Å². The Morgan fingerprint density at radius 3 is 2.48 bits per heavy atom. The Morgan fingerprint density at radius 2 is 1.83 bits per heavy atom. The van der Waals surface area contributed by atoms with E-state index in [0.717, 1.165) is 6.54 Å². The fraction of sp³-hybridized carbons (Fsp3) is 0.429. The predicted molar refractivity (Wildman–Crippen MR) is 97.2 cm³/mol. The van der Waals surface area contributed by atoms with Gasteiger partial charge in [0.15, 0.2) is 0 Å². The van der Waals surface area contributed by atoms with Crippen LogP contribution in [-0.4, -0.2) is 25.2 Å². The minimum absolute atomic E-state index is 0.594. The first kappa shape index (κ1) is 14.8. The van der Waals surface area contributed by atoms with Gasteiger partial charge in [-0.2, -0.15) is 0 Å². The summed E-state index contributed by atoms with van der Waals surface area (Å²) < 4.78 is 0. The van der Waals surface area contributed by atoms with Crippen molar-refractivity contribution in [3.8, 4) is 0 Å². The molecule has 0 radical (unpaired) electrons.